The number of carbonyl (C=O) groups is 1. The Morgan fingerprint density at radius 2 is 0.967 bits per heavy atom. The third-order valence-corrected chi connectivity index (χ3v) is 4.26. The van der Waals surface area contributed by atoms with Crippen LogP contribution in [0.5, 0.6) is 0 Å². The molecule has 0 radical (unpaired) electrons. The highest BCUT2D eigenvalue weighted by molar-refractivity contribution is 7.45. The van der Waals surface area contributed by atoms with Crippen molar-refractivity contribution in [3.8, 4) is 0 Å². The molecule has 0 spiro atoms. The van der Waals surface area contributed by atoms with Crippen molar-refractivity contribution in [2.24, 2.45) is 0 Å². The van der Waals surface area contributed by atoms with Crippen LogP contribution in [0.25, 0.3) is 0 Å². The van der Waals surface area contributed by atoms with Crippen LogP contribution in [0.4, 0.5) is 0 Å². The summed E-state index contributed by atoms with van der Waals surface area (Å²) in [6.45, 7) is 3.66. The summed E-state index contributed by atoms with van der Waals surface area (Å²) in [5.41, 5.74) is 0. The lowest BCUT2D eigenvalue weighted by molar-refractivity contribution is -0.137. The first-order valence-electron chi connectivity index (χ1n) is 11.3. The summed E-state index contributed by atoms with van der Waals surface area (Å²) in [6.07, 6.45) is 19.6. The van der Waals surface area contributed by atoms with Crippen LogP contribution >= 0.6 is 7.82 Å². The molecule has 0 aromatic rings. The van der Waals surface area contributed by atoms with E-state index in [-0.39, 0.29) is 6.61 Å². The fourth-order valence-corrected chi connectivity index (χ4v) is 2.65. The molecule has 0 aliphatic heterocycles. The summed E-state index contributed by atoms with van der Waals surface area (Å²) in [5, 5.41) is 24.5. The molecule has 0 aromatic heterocycles. The van der Waals surface area contributed by atoms with Crippen molar-refractivity contribution in [1.29, 1.82) is 0 Å². The molecule has 0 saturated heterocycles. The summed E-state index contributed by atoms with van der Waals surface area (Å²) in [7, 11) is -4.64. The highest BCUT2D eigenvalue weighted by atomic mass is 31.2. The average molecular weight is 459 g/mol. The van der Waals surface area contributed by atoms with Gasteiger partial charge < -0.3 is 30.0 Å². The van der Waals surface area contributed by atoms with Crippen molar-refractivity contribution in [2.75, 3.05) is 6.61 Å². The van der Waals surface area contributed by atoms with Crippen molar-refractivity contribution in [1.82, 2.24) is 0 Å². The van der Waals surface area contributed by atoms with Crippen LogP contribution < -0.4 is 0 Å². The van der Waals surface area contributed by atoms with Crippen LogP contribution in [0, 0.1) is 0 Å². The zero-order valence-electron chi connectivity index (χ0n) is 19.0. The van der Waals surface area contributed by atoms with Crippen LogP contribution in [0.3, 0.4) is 0 Å². The first kappa shape index (κ1) is 34.1. The summed E-state index contributed by atoms with van der Waals surface area (Å²) in [4.78, 5) is 31.9. The third kappa shape index (κ3) is 56.4. The molecule has 6 N–H and O–H groups in total. The second kappa shape index (κ2) is 26.5. The van der Waals surface area contributed by atoms with E-state index in [1.54, 1.807) is 0 Å². The number of aliphatic hydroxyl groups excluding tert-OH is 2. The monoisotopic (exact) mass is 458 g/mol. The van der Waals surface area contributed by atoms with Gasteiger partial charge >= 0.3 is 13.8 Å². The fourth-order valence-electron chi connectivity index (χ4n) is 2.65. The molecule has 0 heterocycles. The van der Waals surface area contributed by atoms with Gasteiger partial charge in [-0.1, -0.05) is 96.8 Å². The third-order valence-electron chi connectivity index (χ3n) is 4.26. The minimum absolute atomic E-state index is 0.139. The lowest BCUT2D eigenvalue weighted by atomic mass is 10.0. The van der Waals surface area contributed by atoms with E-state index in [1.807, 2.05) is 0 Å². The van der Waals surface area contributed by atoms with Gasteiger partial charge in [0.05, 0.1) is 12.7 Å². The van der Waals surface area contributed by atoms with Gasteiger partial charge in [-0.3, -0.25) is 4.79 Å². The van der Waals surface area contributed by atoms with Gasteiger partial charge in [0.15, 0.2) is 0 Å². The summed E-state index contributed by atoms with van der Waals surface area (Å²) >= 11 is 0. The minimum Gasteiger partial charge on any atom is -0.481 e. The molecule has 0 saturated carbocycles. The Morgan fingerprint density at radius 3 is 1.17 bits per heavy atom. The van der Waals surface area contributed by atoms with Crippen molar-refractivity contribution >= 4 is 13.8 Å². The predicted octanol–water partition coefficient (Wildman–Crippen LogP) is 4.76. The average Bonchev–Trinajstić information content (AvgIpc) is 2.63. The number of phosphoric acid groups is 1. The van der Waals surface area contributed by atoms with Gasteiger partial charge in [0.2, 0.25) is 0 Å². The Kier molecular flexibility index (Phi) is 30.2. The number of carboxylic acids is 1. The van der Waals surface area contributed by atoms with Gasteiger partial charge in [-0.25, -0.2) is 4.57 Å². The number of hydrogen-bond acceptors (Lipinski definition) is 4. The molecule has 184 valence electrons. The molecular weight excluding hydrogens is 411 g/mol. The Balaban J connectivity index is -0.000000599. The number of aliphatic carboxylic acids is 1. The molecule has 30 heavy (non-hydrogen) atoms. The van der Waals surface area contributed by atoms with Crippen molar-refractivity contribution < 1.29 is 39.4 Å². The van der Waals surface area contributed by atoms with E-state index in [9.17, 15) is 4.79 Å². The summed E-state index contributed by atoms with van der Waals surface area (Å²) < 4.78 is 8.88. The molecular formula is C21H47O8P. The maximum atomic E-state index is 10.3. The van der Waals surface area contributed by atoms with Gasteiger partial charge in [0.1, 0.15) is 0 Å². The van der Waals surface area contributed by atoms with E-state index in [1.165, 1.54) is 90.4 Å². The molecule has 0 aromatic carbocycles. The summed E-state index contributed by atoms with van der Waals surface area (Å²) in [6, 6.07) is 0. The number of aliphatic hydroxyl groups is 2. The normalized spacial score (nSPS) is 11.7. The highest BCUT2D eigenvalue weighted by Crippen LogP contribution is 2.25. The highest BCUT2D eigenvalue weighted by Gasteiger charge is 2.00. The molecule has 0 aliphatic carbocycles. The summed E-state index contributed by atoms with van der Waals surface area (Å²) in [5.74, 6) is -0.653. The Hall–Kier alpha value is -0.500. The maximum absolute atomic E-state index is 10.3. The zero-order chi connectivity index (χ0) is 23.7. The molecule has 0 bridgehead atoms. The first-order valence-corrected chi connectivity index (χ1v) is 12.9. The number of carboxylic acid groups (broad SMARTS) is 1. The second-order valence-corrected chi connectivity index (χ2v) is 8.66. The molecule has 0 rings (SSSR count). The van der Waals surface area contributed by atoms with Crippen LogP contribution in [-0.4, -0.2) is 48.7 Å². The number of rotatable bonds is 17. The van der Waals surface area contributed by atoms with Gasteiger partial charge in [0.25, 0.3) is 0 Å². The van der Waals surface area contributed by atoms with Gasteiger partial charge in [-0.15, -0.1) is 0 Å². The molecule has 1 unspecified atom stereocenters. The minimum atomic E-state index is -4.64. The van der Waals surface area contributed by atoms with Crippen LogP contribution in [0.2, 0.25) is 0 Å². The van der Waals surface area contributed by atoms with E-state index >= 15 is 0 Å². The smallest absolute Gasteiger partial charge is 0.466 e. The van der Waals surface area contributed by atoms with Crippen LogP contribution in [0.15, 0.2) is 0 Å². The van der Waals surface area contributed by atoms with E-state index in [0.29, 0.717) is 6.42 Å². The van der Waals surface area contributed by atoms with E-state index in [2.05, 4.69) is 6.92 Å². The Bertz CT molecular complexity index is 377. The molecule has 0 amide bonds. The van der Waals surface area contributed by atoms with Gasteiger partial charge in [-0.05, 0) is 13.3 Å². The molecule has 8 nitrogen and oxygen atoms in total. The predicted molar refractivity (Wildman–Crippen MR) is 120 cm³/mol. The fraction of sp³-hybridized carbons (Fsp3) is 0.952. The van der Waals surface area contributed by atoms with Crippen LogP contribution in [-0.2, 0) is 9.36 Å². The largest absolute Gasteiger partial charge is 0.481 e. The quantitative estimate of drug-likeness (QED) is 0.135. The molecule has 0 aliphatic rings. The molecule has 1 atom stereocenters. The van der Waals surface area contributed by atoms with Crippen LogP contribution in [0.1, 0.15) is 117 Å². The van der Waals surface area contributed by atoms with Crippen molar-refractivity contribution in [2.45, 2.75) is 123 Å². The Labute approximate surface area is 183 Å². The van der Waals surface area contributed by atoms with E-state index < -0.39 is 19.9 Å². The standard InChI is InChI=1S/C18H36O2.C3H8O2.H3O4P/c1-2-3-4-5-6-7-8-9-10-11-12-13-14-15-16-17-18(19)20;1-3(5)2-4;1-5(2,3)4/h2-17H2,1H3,(H,19,20);3-5H,2H2,1H3;(H3,1,2,3,4). The van der Waals surface area contributed by atoms with Gasteiger partial charge in [0, 0.05) is 6.42 Å². The van der Waals surface area contributed by atoms with E-state index in [4.69, 9.17) is 34.6 Å². The van der Waals surface area contributed by atoms with Crippen molar-refractivity contribution in [3.63, 3.8) is 0 Å². The van der Waals surface area contributed by atoms with Gasteiger partial charge in [-0.2, -0.15) is 0 Å². The van der Waals surface area contributed by atoms with E-state index in [0.717, 1.165) is 12.8 Å². The molecule has 0 fully saturated rings. The lowest BCUT2D eigenvalue weighted by Gasteiger charge is -2.03. The first-order chi connectivity index (χ1) is 14.0. The topological polar surface area (TPSA) is 156 Å². The SMILES string of the molecule is CC(O)CO.CCCCCCCCCCCCCCCCCC(=O)O.O=P(O)(O)O. The second-order valence-electron chi connectivity index (χ2n) is 7.64. The Morgan fingerprint density at radius 1 is 0.733 bits per heavy atom. The van der Waals surface area contributed by atoms with Crippen molar-refractivity contribution in [3.05, 3.63) is 0 Å². The number of unbranched alkanes of at least 4 members (excludes halogenated alkanes) is 14. The number of hydrogen-bond donors (Lipinski definition) is 6. The lowest BCUT2D eigenvalue weighted by Crippen LogP contribution is -2.03. The zero-order valence-corrected chi connectivity index (χ0v) is 19.9. The molecule has 9 heteroatoms. The maximum Gasteiger partial charge on any atom is 0.466 e.